The van der Waals surface area contributed by atoms with Crippen molar-refractivity contribution in [1.29, 1.82) is 0 Å². The lowest BCUT2D eigenvalue weighted by Crippen LogP contribution is -2.16. The van der Waals surface area contributed by atoms with Crippen LogP contribution in [0.2, 0.25) is 5.02 Å². The predicted octanol–water partition coefficient (Wildman–Crippen LogP) is 4.09. The fourth-order valence-electron chi connectivity index (χ4n) is 1.86. The largest absolute Gasteiger partial charge is 0.385 e. The minimum atomic E-state index is -0.0150. The van der Waals surface area contributed by atoms with Gasteiger partial charge in [0.05, 0.1) is 0 Å². The molecule has 0 radical (unpaired) electrons. The van der Waals surface area contributed by atoms with Crippen LogP contribution in [0.3, 0.4) is 0 Å². The van der Waals surface area contributed by atoms with E-state index in [4.69, 9.17) is 11.6 Å². The highest BCUT2D eigenvalue weighted by atomic mass is 35.5. The molecule has 0 unspecified atom stereocenters. The van der Waals surface area contributed by atoms with Crippen LogP contribution in [0.25, 0.3) is 0 Å². The van der Waals surface area contributed by atoms with E-state index in [1.165, 1.54) is 0 Å². The molecule has 0 bridgehead atoms. The fraction of sp³-hybridized carbons (Fsp3) is 0.188. The molecule has 1 amide bonds. The van der Waals surface area contributed by atoms with E-state index in [-0.39, 0.29) is 5.91 Å². The van der Waals surface area contributed by atoms with E-state index in [0.29, 0.717) is 18.0 Å². The Hall–Kier alpha value is -2.00. The van der Waals surface area contributed by atoms with Gasteiger partial charge in [0.2, 0.25) is 5.91 Å². The number of amides is 1. The molecule has 0 aliphatic rings. The van der Waals surface area contributed by atoms with Gasteiger partial charge in [-0.1, -0.05) is 29.8 Å². The Morgan fingerprint density at radius 2 is 1.90 bits per heavy atom. The highest BCUT2D eigenvalue weighted by Gasteiger charge is 2.05. The number of rotatable bonds is 5. The van der Waals surface area contributed by atoms with Crippen molar-refractivity contribution in [2.75, 3.05) is 17.2 Å². The Balaban J connectivity index is 1.81. The molecule has 2 rings (SSSR count). The Kier molecular flexibility index (Phi) is 5.02. The second-order valence-electron chi connectivity index (χ2n) is 4.55. The molecule has 2 aromatic rings. The number of hydrogen-bond acceptors (Lipinski definition) is 2. The van der Waals surface area contributed by atoms with Crippen LogP contribution in [-0.2, 0) is 4.79 Å². The number of aryl methyl sites for hydroxylation is 1. The van der Waals surface area contributed by atoms with Crippen molar-refractivity contribution in [3.63, 3.8) is 0 Å². The highest BCUT2D eigenvalue weighted by Crippen LogP contribution is 2.19. The summed E-state index contributed by atoms with van der Waals surface area (Å²) in [5.41, 5.74) is 2.78. The van der Waals surface area contributed by atoms with Gasteiger partial charge in [-0.3, -0.25) is 4.79 Å². The van der Waals surface area contributed by atoms with Crippen LogP contribution in [0.5, 0.6) is 0 Å². The number of nitrogens with one attached hydrogen (secondary N) is 2. The standard InChI is InChI=1S/C16H17ClN2O/c1-12-11-13(17)7-8-15(12)19-16(20)9-10-18-14-5-3-2-4-6-14/h2-8,11,18H,9-10H2,1H3,(H,19,20). The van der Waals surface area contributed by atoms with Gasteiger partial charge in [-0.05, 0) is 42.8 Å². The quantitative estimate of drug-likeness (QED) is 0.870. The van der Waals surface area contributed by atoms with E-state index >= 15 is 0 Å². The minimum Gasteiger partial charge on any atom is -0.385 e. The SMILES string of the molecule is Cc1cc(Cl)ccc1NC(=O)CCNc1ccccc1. The third-order valence-electron chi connectivity index (χ3n) is 2.92. The summed E-state index contributed by atoms with van der Waals surface area (Å²) in [4.78, 5) is 11.9. The normalized spacial score (nSPS) is 10.1. The van der Waals surface area contributed by atoms with Crippen molar-refractivity contribution in [2.45, 2.75) is 13.3 Å². The summed E-state index contributed by atoms with van der Waals surface area (Å²) < 4.78 is 0. The number of halogens is 1. The number of para-hydroxylation sites is 1. The number of benzene rings is 2. The van der Waals surface area contributed by atoms with Crippen LogP contribution < -0.4 is 10.6 Å². The summed E-state index contributed by atoms with van der Waals surface area (Å²) in [5.74, 6) is -0.0150. The molecule has 0 atom stereocenters. The van der Waals surface area contributed by atoms with Gasteiger partial charge < -0.3 is 10.6 Å². The molecule has 0 aliphatic carbocycles. The van der Waals surface area contributed by atoms with Gasteiger partial charge in [0.25, 0.3) is 0 Å². The molecule has 20 heavy (non-hydrogen) atoms. The van der Waals surface area contributed by atoms with Crippen molar-refractivity contribution in [3.05, 3.63) is 59.1 Å². The summed E-state index contributed by atoms with van der Waals surface area (Å²) in [5, 5.41) is 6.76. The van der Waals surface area contributed by atoms with Gasteiger partial charge in [-0.2, -0.15) is 0 Å². The van der Waals surface area contributed by atoms with Crippen LogP contribution in [0.1, 0.15) is 12.0 Å². The number of carbonyl (C=O) groups excluding carboxylic acids is 1. The Morgan fingerprint density at radius 1 is 1.15 bits per heavy atom. The summed E-state index contributed by atoms with van der Waals surface area (Å²) in [6, 6.07) is 15.2. The van der Waals surface area contributed by atoms with E-state index < -0.39 is 0 Å². The summed E-state index contributed by atoms with van der Waals surface area (Å²) in [7, 11) is 0. The smallest absolute Gasteiger partial charge is 0.226 e. The first-order valence-corrected chi connectivity index (χ1v) is 6.88. The number of carbonyl (C=O) groups is 1. The molecule has 104 valence electrons. The first-order valence-electron chi connectivity index (χ1n) is 6.50. The molecule has 4 heteroatoms. The molecular formula is C16H17ClN2O. The van der Waals surface area contributed by atoms with Gasteiger partial charge in [-0.25, -0.2) is 0 Å². The third kappa shape index (κ3) is 4.28. The molecule has 0 aromatic heterocycles. The van der Waals surface area contributed by atoms with E-state index in [0.717, 1.165) is 16.9 Å². The van der Waals surface area contributed by atoms with Crippen molar-refractivity contribution < 1.29 is 4.79 Å². The fourth-order valence-corrected chi connectivity index (χ4v) is 2.08. The second-order valence-corrected chi connectivity index (χ2v) is 4.99. The third-order valence-corrected chi connectivity index (χ3v) is 3.15. The highest BCUT2D eigenvalue weighted by molar-refractivity contribution is 6.30. The lowest BCUT2D eigenvalue weighted by atomic mass is 10.2. The van der Waals surface area contributed by atoms with Gasteiger partial charge >= 0.3 is 0 Å². The van der Waals surface area contributed by atoms with E-state index in [1.807, 2.05) is 49.4 Å². The van der Waals surface area contributed by atoms with Crippen LogP contribution in [0.15, 0.2) is 48.5 Å². The van der Waals surface area contributed by atoms with Crippen LogP contribution in [-0.4, -0.2) is 12.5 Å². The lowest BCUT2D eigenvalue weighted by molar-refractivity contribution is -0.115. The Bertz CT molecular complexity index is 584. The van der Waals surface area contributed by atoms with Crippen molar-refractivity contribution in [2.24, 2.45) is 0 Å². The van der Waals surface area contributed by atoms with Crippen molar-refractivity contribution in [1.82, 2.24) is 0 Å². The molecule has 0 spiro atoms. The van der Waals surface area contributed by atoms with Gasteiger partial charge in [0.1, 0.15) is 0 Å². The van der Waals surface area contributed by atoms with Crippen molar-refractivity contribution >= 4 is 28.9 Å². The molecule has 0 fully saturated rings. The van der Waals surface area contributed by atoms with Crippen molar-refractivity contribution in [3.8, 4) is 0 Å². The first-order chi connectivity index (χ1) is 9.65. The molecule has 0 heterocycles. The maximum Gasteiger partial charge on any atom is 0.226 e. The van der Waals surface area contributed by atoms with Gasteiger partial charge in [0.15, 0.2) is 0 Å². The molecular weight excluding hydrogens is 272 g/mol. The van der Waals surface area contributed by atoms with Gasteiger partial charge in [0, 0.05) is 29.4 Å². The lowest BCUT2D eigenvalue weighted by Gasteiger charge is -2.09. The maximum atomic E-state index is 11.9. The minimum absolute atomic E-state index is 0.0150. The van der Waals surface area contributed by atoms with E-state index in [2.05, 4.69) is 10.6 Å². The predicted molar refractivity (Wildman–Crippen MR) is 84.4 cm³/mol. The summed E-state index contributed by atoms with van der Waals surface area (Å²) in [6.45, 7) is 2.52. The topological polar surface area (TPSA) is 41.1 Å². The molecule has 2 aromatic carbocycles. The second kappa shape index (κ2) is 6.96. The number of hydrogen-bond donors (Lipinski definition) is 2. The number of anilines is 2. The molecule has 0 saturated carbocycles. The monoisotopic (exact) mass is 288 g/mol. The first kappa shape index (κ1) is 14.4. The maximum absolute atomic E-state index is 11.9. The molecule has 0 aliphatic heterocycles. The van der Waals surface area contributed by atoms with E-state index in [9.17, 15) is 4.79 Å². The summed E-state index contributed by atoms with van der Waals surface area (Å²) in [6.07, 6.45) is 0.414. The molecule has 3 nitrogen and oxygen atoms in total. The van der Waals surface area contributed by atoms with E-state index in [1.54, 1.807) is 6.07 Å². The van der Waals surface area contributed by atoms with Gasteiger partial charge in [-0.15, -0.1) is 0 Å². The molecule has 0 saturated heterocycles. The zero-order valence-electron chi connectivity index (χ0n) is 11.3. The average molecular weight is 289 g/mol. The Morgan fingerprint density at radius 3 is 2.60 bits per heavy atom. The van der Waals surface area contributed by atoms with Crippen LogP contribution in [0, 0.1) is 6.92 Å². The average Bonchev–Trinajstić information content (AvgIpc) is 2.43. The summed E-state index contributed by atoms with van der Waals surface area (Å²) >= 11 is 5.88. The van der Waals surface area contributed by atoms with Crippen LogP contribution >= 0.6 is 11.6 Å². The zero-order chi connectivity index (χ0) is 14.4. The van der Waals surface area contributed by atoms with Crippen LogP contribution in [0.4, 0.5) is 11.4 Å². The molecule has 2 N–H and O–H groups in total. The zero-order valence-corrected chi connectivity index (χ0v) is 12.1. The Labute approximate surface area is 124 Å².